The molecule has 204 valence electrons. The summed E-state index contributed by atoms with van der Waals surface area (Å²) in [6.45, 7) is 3.86. The molecule has 12 heteroatoms. The van der Waals surface area contributed by atoms with Crippen LogP contribution in [-0.2, 0) is 26.2 Å². The molecule has 0 saturated carbocycles. The molecule has 0 aliphatic rings. The van der Waals surface area contributed by atoms with Crippen molar-refractivity contribution in [1.82, 2.24) is 10.2 Å². The molecule has 0 radical (unpaired) electrons. The Bertz CT molecular complexity index is 1190. The number of hydrogen-bond acceptors (Lipinski definition) is 4. The number of amides is 2. The highest BCUT2D eigenvalue weighted by Gasteiger charge is 2.28. The number of unbranched alkanes of at least 4 members (excludes halogenated alkanes) is 1. The fraction of sp³-hybridized carbons (Fsp3) is 0.440. The Hall–Kier alpha value is -2.43. The first kappa shape index (κ1) is 30.8. The van der Waals surface area contributed by atoms with Crippen LogP contribution < -0.4 is 9.62 Å². The SMILES string of the molecule is CCCCNC(=O)C(C)N(Cc1c(Cl)cccc1Cl)C(=O)CCCN(c1ccc(F)c(F)c1)S(C)(=O)=O. The van der Waals surface area contributed by atoms with E-state index in [0.29, 0.717) is 22.2 Å². The summed E-state index contributed by atoms with van der Waals surface area (Å²) in [5.74, 6) is -3.06. The highest BCUT2D eigenvalue weighted by molar-refractivity contribution is 7.92. The van der Waals surface area contributed by atoms with E-state index in [9.17, 15) is 26.8 Å². The van der Waals surface area contributed by atoms with Crippen LogP contribution in [0.3, 0.4) is 0 Å². The molecule has 1 atom stereocenters. The van der Waals surface area contributed by atoms with E-state index in [1.165, 1.54) is 4.90 Å². The Kier molecular flexibility index (Phi) is 11.6. The molecule has 0 aliphatic heterocycles. The van der Waals surface area contributed by atoms with Gasteiger partial charge in [-0.25, -0.2) is 17.2 Å². The summed E-state index contributed by atoms with van der Waals surface area (Å²) >= 11 is 12.6. The maximum atomic E-state index is 13.7. The van der Waals surface area contributed by atoms with E-state index < -0.39 is 33.6 Å². The molecule has 7 nitrogen and oxygen atoms in total. The molecular formula is C25H31Cl2F2N3O4S. The smallest absolute Gasteiger partial charge is 0.242 e. The molecule has 0 fully saturated rings. The van der Waals surface area contributed by atoms with Gasteiger partial charge in [-0.2, -0.15) is 0 Å². The zero-order valence-corrected chi connectivity index (χ0v) is 23.3. The number of halogens is 4. The van der Waals surface area contributed by atoms with Crippen molar-refractivity contribution >= 4 is 50.7 Å². The number of anilines is 1. The van der Waals surface area contributed by atoms with Gasteiger partial charge in [0.1, 0.15) is 6.04 Å². The monoisotopic (exact) mass is 577 g/mol. The molecule has 0 bridgehead atoms. The summed E-state index contributed by atoms with van der Waals surface area (Å²) in [5, 5.41) is 3.48. The standard InChI is InChI=1S/C25H31Cl2F2N3O4S/c1-4-5-13-30-25(34)17(2)31(16-19-20(26)8-6-9-21(19)27)24(33)10-7-14-32(37(3,35)36)18-11-12-22(28)23(29)15-18/h6,8-9,11-12,15,17H,4-5,7,10,13-14,16H2,1-3H3,(H,30,34). The van der Waals surface area contributed by atoms with Gasteiger partial charge in [0, 0.05) is 47.7 Å². The maximum Gasteiger partial charge on any atom is 0.242 e. The van der Waals surface area contributed by atoms with Crippen LogP contribution in [-0.4, -0.2) is 50.5 Å². The lowest BCUT2D eigenvalue weighted by molar-refractivity contribution is -0.140. The number of carbonyl (C=O) groups excluding carboxylic acids is 2. The molecule has 2 amide bonds. The van der Waals surface area contributed by atoms with Crippen molar-refractivity contribution in [2.75, 3.05) is 23.7 Å². The predicted octanol–water partition coefficient (Wildman–Crippen LogP) is 5.15. The Labute approximate surface area is 226 Å². The zero-order valence-electron chi connectivity index (χ0n) is 20.9. The average molecular weight is 579 g/mol. The van der Waals surface area contributed by atoms with Crippen LogP contribution in [0, 0.1) is 11.6 Å². The topological polar surface area (TPSA) is 86.8 Å². The van der Waals surface area contributed by atoms with E-state index in [4.69, 9.17) is 23.2 Å². The van der Waals surface area contributed by atoms with Crippen molar-refractivity contribution < 1.29 is 26.8 Å². The molecule has 0 aliphatic carbocycles. The van der Waals surface area contributed by atoms with Crippen LogP contribution in [0.15, 0.2) is 36.4 Å². The second-order valence-corrected chi connectivity index (χ2v) is 11.3. The highest BCUT2D eigenvalue weighted by Crippen LogP contribution is 2.27. The summed E-state index contributed by atoms with van der Waals surface area (Å²) in [7, 11) is -3.85. The number of sulfonamides is 1. The van der Waals surface area contributed by atoms with Crippen LogP contribution in [0.2, 0.25) is 10.0 Å². The lowest BCUT2D eigenvalue weighted by Gasteiger charge is -2.30. The summed E-state index contributed by atoms with van der Waals surface area (Å²) < 4.78 is 52.6. The van der Waals surface area contributed by atoms with E-state index in [0.717, 1.165) is 41.6 Å². The van der Waals surface area contributed by atoms with Crippen molar-refractivity contribution in [1.29, 1.82) is 0 Å². The van der Waals surface area contributed by atoms with Gasteiger partial charge in [0.25, 0.3) is 0 Å². The van der Waals surface area contributed by atoms with Crippen molar-refractivity contribution in [3.05, 3.63) is 63.6 Å². The van der Waals surface area contributed by atoms with E-state index in [1.807, 2.05) is 6.92 Å². The molecule has 2 rings (SSSR count). The van der Waals surface area contributed by atoms with Crippen LogP contribution >= 0.6 is 23.2 Å². The molecule has 0 aromatic heterocycles. The Morgan fingerprint density at radius 2 is 1.70 bits per heavy atom. The van der Waals surface area contributed by atoms with Gasteiger partial charge < -0.3 is 10.2 Å². The Morgan fingerprint density at radius 3 is 2.27 bits per heavy atom. The summed E-state index contributed by atoms with van der Waals surface area (Å²) in [6.07, 6.45) is 2.55. The van der Waals surface area contributed by atoms with Gasteiger partial charge in [0.15, 0.2) is 11.6 Å². The fourth-order valence-corrected chi connectivity index (χ4v) is 5.09. The number of nitrogens with zero attached hydrogens (tertiary/aromatic N) is 2. The molecule has 0 heterocycles. The molecule has 1 unspecified atom stereocenters. The minimum atomic E-state index is -3.85. The van der Waals surface area contributed by atoms with Crippen molar-refractivity contribution in [2.45, 2.75) is 52.1 Å². The Balaban J connectivity index is 2.22. The van der Waals surface area contributed by atoms with E-state index in [2.05, 4.69) is 5.32 Å². The molecule has 1 N–H and O–H groups in total. The average Bonchev–Trinajstić information content (AvgIpc) is 2.82. The zero-order chi connectivity index (χ0) is 27.8. The molecule has 0 spiro atoms. The van der Waals surface area contributed by atoms with Gasteiger partial charge in [-0.3, -0.25) is 13.9 Å². The van der Waals surface area contributed by atoms with Crippen LogP contribution in [0.1, 0.15) is 45.1 Å². The van der Waals surface area contributed by atoms with Crippen LogP contribution in [0.4, 0.5) is 14.5 Å². The van der Waals surface area contributed by atoms with Crippen LogP contribution in [0.5, 0.6) is 0 Å². The number of hydrogen-bond donors (Lipinski definition) is 1. The quantitative estimate of drug-likeness (QED) is 0.333. The summed E-state index contributed by atoms with van der Waals surface area (Å²) in [6, 6.07) is 6.84. The maximum absolute atomic E-state index is 13.7. The van der Waals surface area contributed by atoms with E-state index >= 15 is 0 Å². The van der Waals surface area contributed by atoms with E-state index in [-0.39, 0.29) is 37.5 Å². The molecular weight excluding hydrogens is 547 g/mol. The van der Waals surface area contributed by atoms with Crippen molar-refractivity contribution in [3.8, 4) is 0 Å². The molecule has 2 aromatic carbocycles. The van der Waals surface area contributed by atoms with Gasteiger partial charge in [0.2, 0.25) is 21.8 Å². The molecule has 0 saturated heterocycles. The number of benzene rings is 2. The summed E-state index contributed by atoms with van der Waals surface area (Å²) in [5.41, 5.74) is 0.421. The first-order valence-corrected chi connectivity index (χ1v) is 14.4. The lowest BCUT2D eigenvalue weighted by atomic mass is 10.1. The van der Waals surface area contributed by atoms with Gasteiger partial charge >= 0.3 is 0 Å². The minimum absolute atomic E-state index is 0.0291. The highest BCUT2D eigenvalue weighted by atomic mass is 35.5. The van der Waals surface area contributed by atoms with Gasteiger partial charge in [-0.1, -0.05) is 42.6 Å². The van der Waals surface area contributed by atoms with Gasteiger partial charge in [-0.05, 0) is 44.0 Å². The first-order chi connectivity index (χ1) is 17.4. The second-order valence-electron chi connectivity index (χ2n) is 8.58. The van der Waals surface area contributed by atoms with Crippen molar-refractivity contribution in [2.24, 2.45) is 0 Å². The normalized spacial score (nSPS) is 12.2. The number of nitrogens with one attached hydrogen (secondary N) is 1. The van der Waals surface area contributed by atoms with Gasteiger partial charge in [-0.15, -0.1) is 0 Å². The van der Waals surface area contributed by atoms with Crippen molar-refractivity contribution in [3.63, 3.8) is 0 Å². The van der Waals surface area contributed by atoms with Gasteiger partial charge in [0.05, 0.1) is 11.9 Å². The third-order valence-corrected chi connectivity index (χ3v) is 7.63. The molecule has 37 heavy (non-hydrogen) atoms. The number of rotatable bonds is 13. The number of carbonyl (C=O) groups is 2. The Morgan fingerprint density at radius 1 is 1.05 bits per heavy atom. The minimum Gasteiger partial charge on any atom is -0.354 e. The predicted molar refractivity (Wildman–Crippen MR) is 142 cm³/mol. The first-order valence-electron chi connectivity index (χ1n) is 11.8. The fourth-order valence-electron chi connectivity index (χ4n) is 3.62. The second kappa shape index (κ2) is 13.9. The third-order valence-electron chi connectivity index (χ3n) is 5.73. The third kappa shape index (κ3) is 8.83. The van der Waals surface area contributed by atoms with Crippen LogP contribution in [0.25, 0.3) is 0 Å². The lowest BCUT2D eigenvalue weighted by Crippen LogP contribution is -2.48. The summed E-state index contributed by atoms with van der Waals surface area (Å²) in [4.78, 5) is 27.4. The largest absolute Gasteiger partial charge is 0.354 e. The molecule has 2 aromatic rings. The van der Waals surface area contributed by atoms with E-state index in [1.54, 1.807) is 25.1 Å².